The number of ketones is 1. The Bertz CT molecular complexity index is 941. The molecule has 2 aromatic carbocycles. The van der Waals surface area contributed by atoms with Crippen LogP contribution < -0.4 is 14.8 Å². The molecule has 2 amide bonds. The summed E-state index contributed by atoms with van der Waals surface area (Å²) in [7, 11) is 1.58. The van der Waals surface area contributed by atoms with Crippen LogP contribution in [0.15, 0.2) is 36.4 Å². The number of aryl methyl sites for hydroxylation is 2. The van der Waals surface area contributed by atoms with Crippen LogP contribution in [-0.4, -0.2) is 42.5 Å². The highest BCUT2D eigenvalue weighted by molar-refractivity contribution is 6.00. The third-order valence-electron chi connectivity index (χ3n) is 5.97. The monoisotopic (exact) mass is 394 g/mol. The minimum absolute atomic E-state index is 0.0681. The van der Waals surface area contributed by atoms with Gasteiger partial charge < -0.3 is 19.7 Å². The van der Waals surface area contributed by atoms with Crippen LogP contribution in [-0.2, 0) is 0 Å². The average molecular weight is 394 g/mol. The summed E-state index contributed by atoms with van der Waals surface area (Å²) in [5.74, 6) is 1.32. The number of fused-ring (bicyclic) bond motifs is 1. The molecule has 0 aliphatic carbocycles. The van der Waals surface area contributed by atoms with Crippen molar-refractivity contribution >= 4 is 17.5 Å². The van der Waals surface area contributed by atoms with Gasteiger partial charge in [0.1, 0.15) is 17.1 Å². The number of nitrogens with zero attached hydrogens (tertiary/aromatic N) is 1. The number of hydrogen-bond donors (Lipinski definition) is 1. The number of anilines is 1. The Morgan fingerprint density at radius 3 is 2.48 bits per heavy atom. The normalized spacial score (nSPS) is 17.5. The molecule has 0 atom stereocenters. The quantitative estimate of drug-likeness (QED) is 0.823. The average Bonchev–Trinajstić information content (AvgIpc) is 2.71. The van der Waals surface area contributed by atoms with Crippen LogP contribution in [0.1, 0.15) is 40.7 Å². The molecular formula is C23H26N2O4. The molecule has 0 unspecified atom stereocenters. The molecule has 6 nitrogen and oxygen atoms in total. The van der Waals surface area contributed by atoms with E-state index in [1.807, 2.05) is 32.0 Å². The van der Waals surface area contributed by atoms with Gasteiger partial charge >= 0.3 is 6.03 Å². The Morgan fingerprint density at radius 1 is 1.14 bits per heavy atom. The summed E-state index contributed by atoms with van der Waals surface area (Å²) in [5.41, 5.74) is 2.99. The minimum atomic E-state index is -0.534. The lowest BCUT2D eigenvalue weighted by atomic mass is 9.82. The standard InChI is InChI=1S/C23H26N2O4/c1-15-5-4-6-16(2)21(15)24-22(27)25-11-9-23(10-12-25)14-19(26)18-13-17(28-3)7-8-20(18)29-23/h4-8,13H,9-12,14H2,1-3H3,(H,24,27). The highest BCUT2D eigenvalue weighted by Gasteiger charge is 2.43. The van der Waals surface area contributed by atoms with Crippen LogP contribution in [0.5, 0.6) is 11.5 Å². The van der Waals surface area contributed by atoms with Crippen molar-refractivity contribution < 1.29 is 19.1 Å². The maximum Gasteiger partial charge on any atom is 0.321 e. The smallest absolute Gasteiger partial charge is 0.321 e. The second-order valence-electron chi connectivity index (χ2n) is 7.93. The van der Waals surface area contributed by atoms with Gasteiger partial charge in [0.05, 0.1) is 19.1 Å². The summed E-state index contributed by atoms with van der Waals surface area (Å²) in [6.07, 6.45) is 1.59. The molecule has 1 fully saturated rings. The molecule has 4 rings (SSSR count). The molecule has 2 aliphatic heterocycles. The summed E-state index contributed by atoms with van der Waals surface area (Å²) >= 11 is 0. The topological polar surface area (TPSA) is 67.9 Å². The lowest BCUT2D eigenvalue weighted by Gasteiger charge is -2.43. The van der Waals surface area contributed by atoms with Gasteiger partial charge in [-0.1, -0.05) is 18.2 Å². The number of urea groups is 1. The molecule has 2 aliphatic rings. The largest absolute Gasteiger partial charge is 0.497 e. The number of piperidine rings is 1. The van der Waals surface area contributed by atoms with Crippen molar-refractivity contribution in [3.8, 4) is 11.5 Å². The fourth-order valence-corrected chi connectivity index (χ4v) is 4.19. The number of para-hydroxylation sites is 1. The zero-order chi connectivity index (χ0) is 20.6. The summed E-state index contributed by atoms with van der Waals surface area (Å²) in [5, 5.41) is 3.04. The number of ether oxygens (including phenoxy) is 2. The van der Waals surface area contributed by atoms with Gasteiger partial charge in [0.25, 0.3) is 0 Å². The van der Waals surface area contributed by atoms with Crippen molar-refractivity contribution in [3.05, 3.63) is 53.1 Å². The van der Waals surface area contributed by atoms with Crippen LogP contribution >= 0.6 is 0 Å². The van der Waals surface area contributed by atoms with Crippen molar-refractivity contribution in [1.82, 2.24) is 4.90 Å². The van der Waals surface area contributed by atoms with Crippen LogP contribution in [0.2, 0.25) is 0 Å². The number of benzene rings is 2. The van der Waals surface area contributed by atoms with Gasteiger partial charge in [0.2, 0.25) is 0 Å². The van der Waals surface area contributed by atoms with E-state index in [9.17, 15) is 9.59 Å². The molecular weight excluding hydrogens is 368 g/mol. The number of methoxy groups -OCH3 is 1. The van der Waals surface area contributed by atoms with E-state index in [-0.39, 0.29) is 11.8 Å². The number of rotatable bonds is 2. The van der Waals surface area contributed by atoms with E-state index in [2.05, 4.69) is 5.32 Å². The number of hydrogen-bond acceptors (Lipinski definition) is 4. The molecule has 1 N–H and O–H groups in total. The SMILES string of the molecule is COc1ccc2c(c1)C(=O)CC1(CCN(C(=O)Nc3c(C)cccc3C)CC1)O2. The zero-order valence-corrected chi connectivity index (χ0v) is 17.1. The first-order chi connectivity index (χ1) is 13.9. The highest BCUT2D eigenvalue weighted by Crippen LogP contribution is 2.40. The number of carbonyl (C=O) groups excluding carboxylic acids is 2. The molecule has 1 saturated heterocycles. The lowest BCUT2D eigenvalue weighted by molar-refractivity contribution is 0.000314. The summed E-state index contributed by atoms with van der Waals surface area (Å²) < 4.78 is 11.5. The third kappa shape index (κ3) is 3.67. The Kier molecular flexibility index (Phi) is 4.94. The third-order valence-corrected chi connectivity index (χ3v) is 5.97. The molecule has 1 spiro atoms. The van der Waals surface area contributed by atoms with E-state index in [1.54, 1.807) is 30.2 Å². The first-order valence-electron chi connectivity index (χ1n) is 9.93. The molecule has 6 heteroatoms. The van der Waals surface area contributed by atoms with Gasteiger partial charge in [0, 0.05) is 31.6 Å². The molecule has 0 bridgehead atoms. The zero-order valence-electron chi connectivity index (χ0n) is 17.1. The van der Waals surface area contributed by atoms with E-state index >= 15 is 0 Å². The summed E-state index contributed by atoms with van der Waals surface area (Å²) in [6.45, 7) is 5.08. The van der Waals surface area contributed by atoms with Crippen molar-refractivity contribution in [2.75, 3.05) is 25.5 Å². The molecule has 0 saturated carbocycles. The van der Waals surface area contributed by atoms with Gasteiger partial charge in [-0.2, -0.15) is 0 Å². The van der Waals surface area contributed by atoms with Crippen LogP contribution in [0.4, 0.5) is 10.5 Å². The van der Waals surface area contributed by atoms with E-state index in [4.69, 9.17) is 9.47 Å². The van der Waals surface area contributed by atoms with E-state index < -0.39 is 5.60 Å². The first-order valence-corrected chi connectivity index (χ1v) is 9.93. The van der Waals surface area contributed by atoms with E-state index in [0.717, 1.165) is 16.8 Å². The number of carbonyl (C=O) groups is 2. The Labute approximate surface area is 170 Å². The second-order valence-corrected chi connectivity index (χ2v) is 7.93. The maximum absolute atomic E-state index is 12.8. The maximum atomic E-state index is 12.8. The molecule has 152 valence electrons. The fourth-order valence-electron chi connectivity index (χ4n) is 4.19. The Hall–Kier alpha value is -3.02. The highest BCUT2D eigenvalue weighted by atomic mass is 16.5. The second kappa shape index (κ2) is 7.43. The van der Waals surface area contributed by atoms with Gasteiger partial charge in [-0.25, -0.2) is 4.79 Å². The van der Waals surface area contributed by atoms with Gasteiger partial charge in [-0.3, -0.25) is 4.79 Å². The summed E-state index contributed by atoms with van der Waals surface area (Å²) in [4.78, 5) is 27.3. The number of likely N-dealkylation sites (tertiary alicyclic amines) is 1. The summed E-state index contributed by atoms with van der Waals surface area (Å²) in [6, 6.07) is 11.2. The predicted molar refractivity (Wildman–Crippen MR) is 111 cm³/mol. The van der Waals surface area contributed by atoms with E-state index in [1.165, 1.54) is 0 Å². The Morgan fingerprint density at radius 2 is 1.83 bits per heavy atom. The predicted octanol–water partition coefficient (Wildman–Crippen LogP) is 4.34. The van der Waals surface area contributed by atoms with Crippen LogP contribution in [0, 0.1) is 13.8 Å². The minimum Gasteiger partial charge on any atom is -0.497 e. The number of Topliss-reactive ketones (excluding diaryl/α,β-unsaturated/α-hetero) is 1. The van der Waals surface area contributed by atoms with Crippen molar-refractivity contribution in [1.29, 1.82) is 0 Å². The molecule has 2 heterocycles. The van der Waals surface area contributed by atoms with Crippen molar-refractivity contribution in [2.24, 2.45) is 0 Å². The number of amides is 2. The number of nitrogens with one attached hydrogen (secondary N) is 1. The van der Waals surface area contributed by atoms with Crippen LogP contribution in [0.3, 0.4) is 0 Å². The van der Waals surface area contributed by atoms with Crippen LogP contribution in [0.25, 0.3) is 0 Å². The van der Waals surface area contributed by atoms with Crippen molar-refractivity contribution in [2.45, 2.75) is 38.7 Å². The van der Waals surface area contributed by atoms with Crippen molar-refractivity contribution in [3.63, 3.8) is 0 Å². The Balaban J connectivity index is 1.44. The lowest BCUT2D eigenvalue weighted by Crippen LogP contribution is -2.53. The van der Waals surface area contributed by atoms with E-state index in [0.29, 0.717) is 49.4 Å². The molecule has 0 aromatic heterocycles. The van der Waals surface area contributed by atoms with Gasteiger partial charge in [-0.15, -0.1) is 0 Å². The molecule has 29 heavy (non-hydrogen) atoms. The first kappa shape index (κ1) is 19.3. The van der Waals surface area contributed by atoms with Gasteiger partial charge in [0.15, 0.2) is 5.78 Å². The van der Waals surface area contributed by atoms with Gasteiger partial charge in [-0.05, 0) is 43.2 Å². The fraction of sp³-hybridized carbons (Fsp3) is 0.391. The molecule has 2 aromatic rings. The molecule has 0 radical (unpaired) electrons.